The second-order valence-corrected chi connectivity index (χ2v) is 11.9. The SMILES string of the molecule is CC(C)CC(N)C(=O)O.N=C(N)NCCCC(N)C(=O)O.N=C(N)NCCCC(N)C(=O)O.NC(Cc1c[nH]cn1)C(=O)O.NCCCCC(N)C(=O)O. The average Bonchev–Trinajstić information content (AvgIpc) is 3.58. The number of aliphatic carboxylic acids is 5. The van der Waals surface area contributed by atoms with Gasteiger partial charge in [-0.05, 0) is 57.4 Å². The molecule has 0 spiro atoms. The third-order valence-corrected chi connectivity index (χ3v) is 6.28. The molecule has 0 radical (unpaired) electrons. The number of aromatic amines is 1. The first-order chi connectivity index (χ1) is 25.0. The fourth-order valence-corrected chi connectivity index (χ4v) is 3.29. The van der Waals surface area contributed by atoms with E-state index in [2.05, 4.69) is 20.6 Å². The largest absolute Gasteiger partial charge is 0.480 e. The Hall–Kier alpha value is -5.14. The van der Waals surface area contributed by atoms with Gasteiger partial charge in [0.05, 0.1) is 12.0 Å². The van der Waals surface area contributed by atoms with E-state index in [1.165, 1.54) is 6.33 Å². The quantitative estimate of drug-likeness (QED) is 0.0329. The van der Waals surface area contributed by atoms with Crippen LogP contribution in [-0.2, 0) is 30.4 Å². The molecule has 54 heavy (non-hydrogen) atoms. The molecule has 5 atom stereocenters. The van der Waals surface area contributed by atoms with Crippen LogP contribution in [-0.4, -0.2) is 127 Å². The maximum absolute atomic E-state index is 10.3. The molecule has 0 aliphatic heterocycles. The van der Waals surface area contributed by atoms with Crippen LogP contribution in [0.4, 0.5) is 0 Å². The monoisotopic (exact) mass is 780 g/mol. The molecular weight excluding hydrogens is 716 g/mol. The van der Waals surface area contributed by atoms with Gasteiger partial charge >= 0.3 is 29.8 Å². The number of nitrogens with zero attached hydrogens (tertiary/aromatic N) is 1. The second-order valence-electron chi connectivity index (χ2n) is 11.9. The molecule has 0 aromatic carbocycles. The maximum atomic E-state index is 10.3. The summed E-state index contributed by atoms with van der Waals surface area (Å²) in [5.41, 5.74) is 42.0. The Kier molecular flexibility index (Phi) is 36.0. The van der Waals surface area contributed by atoms with E-state index in [4.69, 9.17) is 82.2 Å². The Morgan fingerprint density at radius 1 is 0.667 bits per heavy atom. The number of nitrogens with two attached hydrogens (primary N) is 8. The van der Waals surface area contributed by atoms with Crippen LogP contribution in [0.2, 0.25) is 0 Å². The first-order valence-electron chi connectivity index (χ1n) is 16.7. The highest BCUT2D eigenvalue weighted by molar-refractivity contribution is 5.75. The predicted octanol–water partition coefficient (Wildman–Crippen LogP) is -3.34. The van der Waals surface area contributed by atoms with Gasteiger partial charge in [-0.3, -0.25) is 34.8 Å². The van der Waals surface area contributed by atoms with Gasteiger partial charge in [-0.1, -0.05) is 20.3 Å². The van der Waals surface area contributed by atoms with E-state index in [-0.39, 0.29) is 18.3 Å². The van der Waals surface area contributed by atoms with Crippen LogP contribution in [0.3, 0.4) is 0 Å². The number of aromatic nitrogens is 2. The lowest BCUT2D eigenvalue weighted by atomic mass is 10.1. The lowest BCUT2D eigenvalue weighted by Crippen LogP contribution is -2.34. The van der Waals surface area contributed by atoms with Gasteiger partial charge in [0.2, 0.25) is 0 Å². The number of hydrogen-bond acceptors (Lipinski definition) is 14. The molecular formula is C30H64N14O10. The van der Waals surface area contributed by atoms with Gasteiger partial charge in [-0.2, -0.15) is 0 Å². The summed E-state index contributed by atoms with van der Waals surface area (Å²) in [6, 6.07) is -3.91. The van der Waals surface area contributed by atoms with Crippen molar-refractivity contribution in [2.75, 3.05) is 19.6 Å². The third-order valence-electron chi connectivity index (χ3n) is 6.28. The molecule has 1 heterocycles. The number of nitrogens with one attached hydrogen (secondary N) is 5. The number of carboxylic acids is 5. The minimum Gasteiger partial charge on any atom is -0.480 e. The number of rotatable bonds is 21. The van der Waals surface area contributed by atoms with Gasteiger partial charge in [-0.25, -0.2) is 4.98 Å². The molecule has 24 heteroatoms. The summed E-state index contributed by atoms with van der Waals surface area (Å²) in [4.78, 5) is 57.5. The van der Waals surface area contributed by atoms with Gasteiger partial charge in [-0.15, -0.1) is 0 Å². The summed E-state index contributed by atoms with van der Waals surface area (Å²) in [5.74, 6) is -4.72. The van der Waals surface area contributed by atoms with Crippen molar-refractivity contribution in [3.05, 3.63) is 18.2 Å². The number of carbonyl (C=O) groups is 5. The summed E-state index contributed by atoms with van der Waals surface area (Å²) < 4.78 is 0. The molecule has 0 aliphatic carbocycles. The van der Waals surface area contributed by atoms with Crippen LogP contribution in [0.25, 0.3) is 0 Å². The van der Waals surface area contributed by atoms with Crippen LogP contribution in [0.1, 0.15) is 70.9 Å². The van der Waals surface area contributed by atoms with E-state index >= 15 is 0 Å². The lowest BCUT2D eigenvalue weighted by molar-refractivity contribution is -0.139. The van der Waals surface area contributed by atoms with E-state index in [1.807, 2.05) is 13.8 Å². The molecule has 1 aromatic rings. The van der Waals surface area contributed by atoms with Crippen LogP contribution < -0.4 is 56.5 Å². The summed E-state index contributed by atoms with van der Waals surface area (Å²) in [5, 5.41) is 60.5. The van der Waals surface area contributed by atoms with Crippen LogP contribution in [0, 0.1) is 16.7 Å². The topological polar surface area (TPSA) is 495 Å². The predicted molar refractivity (Wildman–Crippen MR) is 201 cm³/mol. The van der Waals surface area contributed by atoms with E-state index in [9.17, 15) is 24.0 Å². The van der Waals surface area contributed by atoms with E-state index < -0.39 is 60.1 Å². The molecule has 0 bridgehead atoms. The number of unbranched alkanes of at least 4 members (excludes halogenated alkanes) is 1. The fraction of sp³-hybridized carbons (Fsp3) is 0.667. The summed E-state index contributed by atoms with van der Waals surface area (Å²) in [6.45, 7) is 5.46. The van der Waals surface area contributed by atoms with Gasteiger partial charge in [0.1, 0.15) is 30.2 Å². The van der Waals surface area contributed by atoms with Crippen molar-refractivity contribution < 1.29 is 49.5 Å². The van der Waals surface area contributed by atoms with Gasteiger partial charge in [0.15, 0.2) is 11.9 Å². The summed E-state index contributed by atoms with van der Waals surface area (Å²) in [6.07, 6.45) is 8.05. The minimum absolute atomic E-state index is 0.112. The Labute approximate surface area is 314 Å². The Morgan fingerprint density at radius 3 is 1.30 bits per heavy atom. The van der Waals surface area contributed by atoms with Crippen molar-refractivity contribution in [2.24, 2.45) is 51.8 Å². The van der Waals surface area contributed by atoms with E-state index in [1.54, 1.807) is 6.20 Å². The fourth-order valence-electron chi connectivity index (χ4n) is 3.29. The van der Waals surface area contributed by atoms with Crippen molar-refractivity contribution in [3.8, 4) is 0 Å². The molecule has 0 amide bonds. The molecule has 0 fully saturated rings. The normalized spacial score (nSPS) is 12.7. The molecule has 0 saturated heterocycles. The zero-order valence-electron chi connectivity index (χ0n) is 30.9. The standard InChI is InChI=1S/2C6H14N4O2.C6H9N3O2.C6H14N2O2.C6H13NO2/c2*7-4(5(11)12)2-1-3-10-6(8)9;7-5(6(10)11)1-4-2-8-3-9-4;7-4-2-1-3-5(8)6(9)10;1-4(2)3-5(7)6(8)9/h2*4H,1-3,7H2,(H,11,12)(H4,8,9,10);2-3,5H,1,7H2,(H,8,9)(H,10,11);5H,1-4,7-8H2,(H,9,10);4-5H,3,7H2,1-2H3,(H,8,9). The maximum Gasteiger partial charge on any atom is 0.320 e. The van der Waals surface area contributed by atoms with Crippen LogP contribution in [0.15, 0.2) is 12.5 Å². The molecule has 314 valence electrons. The Balaban J connectivity index is -0.000000290. The van der Waals surface area contributed by atoms with Crippen molar-refractivity contribution >= 4 is 41.8 Å². The van der Waals surface area contributed by atoms with Gasteiger partial charge < -0.3 is 87.0 Å². The highest BCUT2D eigenvalue weighted by atomic mass is 16.4. The highest BCUT2D eigenvalue weighted by Crippen LogP contribution is 2.02. The van der Waals surface area contributed by atoms with E-state index in [0.29, 0.717) is 69.8 Å². The third kappa shape index (κ3) is 41.3. The molecule has 1 rings (SSSR count). The van der Waals surface area contributed by atoms with Crippen LogP contribution >= 0.6 is 0 Å². The zero-order valence-corrected chi connectivity index (χ0v) is 30.9. The van der Waals surface area contributed by atoms with Crippen molar-refractivity contribution in [3.63, 3.8) is 0 Å². The number of guanidine groups is 2. The first-order valence-corrected chi connectivity index (χ1v) is 16.7. The smallest absolute Gasteiger partial charge is 0.320 e. The van der Waals surface area contributed by atoms with Crippen molar-refractivity contribution in [1.82, 2.24) is 20.6 Å². The molecule has 24 nitrogen and oxygen atoms in total. The summed E-state index contributed by atoms with van der Waals surface area (Å²) >= 11 is 0. The summed E-state index contributed by atoms with van der Waals surface area (Å²) in [7, 11) is 0. The second kappa shape index (κ2) is 34.9. The zero-order chi connectivity index (χ0) is 42.8. The highest BCUT2D eigenvalue weighted by Gasteiger charge is 2.14. The Morgan fingerprint density at radius 2 is 1.04 bits per heavy atom. The average molecular weight is 781 g/mol. The van der Waals surface area contributed by atoms with Gasteiger partial charge in [0.25, 0.3) is 0 Å². The number of H-pyrrole nitrogens is 1. The van der Waals surface area contributed by atoms with Crippen molar-refractivity contribution in [1.29, 1.82) is 10.8 Å². The minimum atomic E-state index is -1.01. The molecule has 0 aliphatic rings. The molecule has 26 N–H and O–H groups in total. The molecule has 1 aromatic heterocycles. The van der Waals surface area contributed by atoms with Gasteiger partial charge in [0, 0.05) is 25.7 Å². The molecule has 0 saturated carbocycles. The molecule has 5 unspecified atom stereocenters. The lowest BCUT2D eigenvalue weighted by Gasteiger charge is -2.07. The first kappa shape index (κ1) is 55.6. The van der Waals surface area contributed by atoms with Crippen molar-refractivity contribution in [2.45, 2.75) is 102 Å². The van der Waals surface area contributed by atoms with E-state index in [0.717, 1.165) is 12.8 Å². The Bertz CT molecular complexity index is 1150. The number of carboxylic acid groups (broad SMARTS) is 5. The number of hydrogen-bond donors (Lipinski definition) is 18. The van der Waals surface area contributed by atoms with Crippen LogP contribution in [0.5, 0.6) is 0 Å². The number of imidazole rings is 1.